The SMILES string of the molecule is c1cc(NC2=NCCC2)c2[nH]ccc2c1. The molecule has 2 heterocycles. The fraction of sp³-hybridized carbons (Fsp3) is 0.250. The fourth-order valence-electron chi connectivity index (χ4n) is 1.99. The van der Waals surface area contributed by atoms with Crippen LogP contribution in [0.1, 0.15) is 12.8 Å². The third kappa shape index (κ3) is 1.50. The zero-order valence-corrected chi connectivity index (χ0v) is 8.46. The monoisotopic (exact) mass is 199 g/mol. The number of aromatic amines is 1. The van der Waals surface area contributed by atoms with Crippen molar-refractivity contribution in [3.8, 4) is 0 Å². The number of aromatic nitrogens is 1. The van der Waals surface area contributed by atoms with Crippen LogP contribution in [-0.4, -0.2) is 17.4 Å². The number of nitrogens with one attached hydrogen (secondary N) is 2. The predicted molar refractivity (Wildman–Crippen MR) is 63.5 cm³/mol. The Morgan fingerprint density at radius 3 is 3.13 bits per heavy atom. The van der Waals surface area contributed by atoms with Gasteiger partial charge in [-0.3, -0.25) is 4.99 Å². The normalized spacial score (nSPS) is 15.6. The molecule has 0 aliphatic carbocycles. The maximum atomic E-state index is 4.41. The molecule has 3 rings (SSSR count). The van der Waals surface area contributed by atoms with Crippen LogP contribution in [-0.2, 0) is 0 Å². The van der Waals surface area contributed by atoms with Crippen LogP contribution in [0.15, 0.2) is 35.5 Å². The highest BCUT2D eigenvalue weighted by molar-refractivity contribution is 6.03. The number of rotatable bonds is 1. The third-order valence-electron chi connectivity index (χ3n) is 2.74. The summed E-state index contributed by atoms with van der Waals surface area (Å²) in [5.74, 6) is 1.11. The zero-order valence-electron chi connectivity index (χ0n) is 8.46. The molecule has 1 aliphatic heterocycles. The number of benzene rings is 1. The van der Waals surface area contributed by atoms with Crippen molar-refractivity contribution in [3.63, 3.8) is 0 Å². The van der Waals surface area contributed by atoms with Crippen molar-refractivity contribution in [2.45, 2.75) is 12.8 Å². The minimum atomic E-state index is 0.961. The van der Waals surface area contributed by atoms with E-state index in [9.17, 15) is 0 Å². The van der Waals surface area contributed by atoms with Crippen LogP contribution in [0.25, 0.3) is 10.9 Å². The molecule has 0 fully saturated rings. The van der Waals surface area contributed by atoms with Crippen molar-refractivity contribution in [2.24, 2.45) is 4.99 Å². The fourth-order valence-corrected chi connectivity index (χ4v) is 1.99. The lowest BCUT2D eigenvalue weighted by Crippen LogP contribution is -2.08. The summed E-state index contributed by atoms with van der Waals surface area (Å²) < 4.78 is 0. The molecule has 2 aromatic rings. The standard InChI is InChI=1S/C12H13N3/c1-3-9-6-8-14-12(9)10(4-1)15-11-5-2-7-13-11/h1,3-4,6,8,14H,2,5,7H2,(H,13,15). The summed E-state index contributed by atoms with van der Waals surface area (Å²) in [5.41, 5.74) is 2.28. The van der Waals surface area contributed by atoms with Crippen molar-refractivity contribution in [1.82, 2.24) is 4.98 Å². The maximum absolute atomic E-state index is 4.41. The van der Waals surface area contributed by atoms with Crippen LogP contribution in [0.2, 0.25) is 0 Å². The van der Waals surface area contributed by atoms with Gasteiger partial charge in [-0.2, -0.15) is 0 Å². The molecule has 0 atom stereocenters. The molecule has 0 amide bonds. The number of fused-ring (bicyclic) bond motifs is 1. The molecule has 0 spiro atoms. The number of para-hydroxylation sites is 1. The van der Waals surface area contributed by atoms with Crippen LogP contribution in [0.3, 0.4) is 0 Å². The summed E-state index contributed by atoms with van der Waals surface area (Å²) in [6.07, 6.45) is 4.20. The van der Waals surface area contributed by atoms with Gasteiger partial charge in [0.1, 0.15) is 5.84 Å². The van der Waals surface area contributed by atoms with E-state index >= 15 is 0 Å². The summed E-state index contributed by atoms with van der Waals surface area (Å²) in [6, 6.07) is 8.33. The average Bonchev–Trinajstić information content (AvgIpc) is 2.87. The van der Waals surface area contributed by atoms with E-state index in [-0.39, 0.29) is 0 Å². The van der Waals surface area contributed by atoms with Gasteiger partial charge in [0.05, 0.1) is 11.2 Å². The molecule has 3 heteroatoms. The molecule has 2 N–H and O–H groups in total. The number of hydrogen-bond acceptors (Lipinski definition) is 2. The van der Waals surface area contributed by atoms with Crippen molar-refractivity contribution >= 4 is 22.4 Å². The lowest BCUT2D eigenvalue weighted by molar-refractivity contribution is 0.951. The molecule has 0 unspecified atom stereocenters. The minimum Gasteiger partial charge on any atom is -0.359 e. The molecule has 3 nitrogen and oxygen atoms in total. The Balaban J connectivity index is 1.99. The van der Waals surface area contributed by atoms with E-state index in [1.54, 1.807) is 0 Å². The largest absolute Gasteiger partial charge is 0.359 e. The van der Waals surface area contributed by atoms with Crippen LogP contribution < -0.4 is 5.32 Å². The van der Waals surface area contributed by atoms with Crippen LogP contribution in [0.4, 0.5) is 5.69 Å². The van der Waals surface area contributed by atoms with Crippen molar-refractivity contribution in [2.75, 3.05) is 11.9 Å². The molecule has 15 heavy (non-hydrogen) atoms. The molecule has 0 saturated carbocycles. The summed E-state index contributed by atoms with van der Waals surface area (Å²) >= 11 is 0. The van der Waals surface area contributed by atoms with Gasteiger partial charge in [0.25, 0.3) is 0 Å². The first kappa shape index (κ1) is 8.53. The van der Waals surface area contributed by atoms with Crippen LogP contribution in [0, 0.1) is 0 Å². The number of anilines is 1. The van der Waals surface area contributed by atoms with E-state index in [0.717, 1.165) is 30.0 Å². The Bertz CT molecular complexity index is 510. The van der Waals surface area contributed by atoms with E-state index in [4.69, 9.17) is 0 Å². The minimum absolute atomic E-state index is 0.961. The smallest absolute Gasteiger partial charge is 0.101 e. The number of aliphatic imine (C=N–C) groups is 1. The second-order valence-corrected chi connectivity index (χ2v) is 3.80. The highest BCUT2D eigenvalue weighted by Crippen LogP contribution is 2.22. The van der Waals surface area contributed by atoms with Crippen molar-refractivity contribution < 1.29 is 0 Å². The number of amidine groups is 1. The molecular weight excluding hydrogens is 186 g/mol. The Kier molecular flexibility index (Phi) is 1.95. The van der Waals surface area contributed by atoms with Crippen molar-refractivity contribution in [3.05, 3.63) is 30.5 Å². The molecule has 0 saturated heterocycles. The number of H-pyrrole nitrogens is 1. The third-order valence-corrected chi connectivity index (χ3v) is 2.74. The van der Waals surface area contributed by atoms with Crippen LogP contribution in [0.5, 0.6) is 0 Å². The second-order valence-electron chi connectivity index (χ2n) is 3.80. The first-order valence-corrected chi connectivity index (χ1v) is 5.30. The Morgan fingerprint density at radius 2 is 2.27 bits per heavy atom. The summed E-state index contributed by atoms with van der Waals surface area (Å²) in [4.78, 5) is 7.66. The van der Waals surface area contributed by atoms with Gasteiger partial charge >= 0.3 is 0 Å². The van der Waals surface area contributed by atoms with Gasteiger partial charge in [-0.15, -0.1) is 0 Å². The van der Waals surface area contributed by atoms with E-state index in [2.05, 4.69) is 39.6 Å². The molecule has 0 radical (unpaired) electrons. The quantitative estimate of drug-likeness (QED) is 0.728. The summed E-state index contributed by atoms with van der Waals surface area (Å²) in [6.45, 7) is 0.961. The maximum Gasteiger partial charge on any atom is 0.101 e. The first-order valence-electron chi connectivity index (χ1n) is 5.30. The van der Waals surface area contributed by atoms with Gasteiger partial charge in [0.15, 0.2) is 0 Å². The van der Waals surface area contributed by atoms with Gasteiger partial charge in [0.2, 0.25) is 0 Å². The van der Waals surface area contributed by atoms with Crippen molar-refractivity contribution in [1.29, 1.82) is 0 Å². The van der Waals surface area contributed by atoms with Gasteiger partial charge in [0, 0.05) is 24.5 Å². The number of nitrogens with zero attached hydrogens (tertiary/aromatic N) is 1. The molecule has 1 aromatic carbocycles. The molecule has 76 valence electrons. The Morgan fingerprint density at radius 1 is 1.27 bits per heavy atom. The number of hydrogen-bond donors (Lipinski definition) is 2. The summed E-state index contributed by atoms with van der Waals surface area (Å²) in [5, 5.41) is 4.62. The van der Waals surface area contributed by atoms with Gasteiger partial charge in [-0.1, -0.05) is 12.1 Å². The highest BCUT2D eigenvalue weighted by Gasteiger charge is 2.08. The zero-order chi connectivity index (χ0) is 10.1. The summed E-state index contributed by atoms with van der Waals surface area (Å²) in [7, 11) is 0. The molecular formula is C12H13N3. The van der Waals surface area contributed by atoms with E-state index in [1.165, 1.54) is 11.8 Å². The van der Waals surface area contributed by atoms with E-state index < -0.39 is 0 Å². The average molecular weight is 199 g/mol. The Labute approximate surface area is 88.2 Å². The lowest BCUT2D eigenvalue weighted by atomic mass is 10.2. The van der Waals surface area contributed by atoms with Gasteiger partial charge < -0.3 is 10.3 Å². The lowest BCUT2D eigenvalue weighted by Gasteiger charge is -2.06. The van der Waals surface area contributed by atoms with E-state index in [0.29, 0.717) is 0 Å². The highest BCUT2D eigenvalue weighted by atomic mass is 15.0. The molecule has 1 aromatic heterocycles. The Hall–Kier alpha value is -1.77. The predicted octanol–water partition coefficient (Wildman–Crippen LogP) is 2.77. The van der Waals surface area contributed by atoms with Gasteiger partial charge in [-0.05, 0) is 18.6 Å². The van der Waals surface area contributed by atoms with Gasteiger partial charge in [-0.25, -0.2) is 0 Å². The molecule has 0 bridgehead atoms. The molecule has 1 aliphatic rings. The first-order chi connectivity index (χ1) is 7.43. The topological polar surface area (TPSA) is 40.2 Å². The second kappa shape index (κ2) is 3.42. The van der Waals surface area contributed by atoms with Crippen LogP contribution >= 0.6 is 0 Å². The van der Waals surface area contributed by atoms with E-state index in [1.807, 2.05) is 6.20 Å².